The average Bonchev–Trinajstić information content (AvgIpc) is 2.93. The minimum absolute atomic E-state index is 0. The normalized spacial score (nSPS) is 17.9. The first-order valence-electron chi connectivity index (χ1n) is 14.5. The molecule has 1 aliphatic rings. The molecule has 3 aromatic rings. The number of halogens is 1. The molecular weight excluding hydrogens is 556 g/mol. The van der Waals surface area contributed by atoms with E-state index in [0.29, 0.717) is 44.3 Å². The van der Waals surface area contributed by atoms with Gasteiger partial charge in [0, 0.05) is 48.5 Å². The number of benzene rings is 3. The number of hydrogen-bond donors (Lipinski definition) is 6. The van der Waals surface area contributed by atoms with Gasteiger partial charge < -0.3 is 40.5 Å². The Labute approximate surface area is 256 Å². The quantitative estimate of drug-likeness (QED) is 0.196. The van der Waals surface area contributed by atoms with Crippen molar-refractivity contribution in [2.24, 2.45) is 0 Å². The maximum absolute atomic E-state index is 10.00. The van der Waals surface area contributed by atoms with Crippen LogP contribution in [0.4, 0.5) is 0 Å². The molecule has 4 rings (SSSR count). The Hall–Kier alpha value is -2.43. The van der Waals surface area contributed by atoms with Crippen LogP contribution in [0, 0.1) is 0 Å². The lowest BCUT2D eigenvalue weighted by molar-refractivity contribution is 0.0132. The van der Waals surface area contributed by atoms with E-state index in [1.807, 2.05) is 69.3 Å². The summed E-state index contributed by atoms with van der Waals surface area (Å²) in [4.78, 5) is 0. The second-order valence-electron chi connectivity index (χ2n) is 12.0. The van der Waals surface area contributed by atoms with Crippen LogP contribution in [0.1, 0.15) is 45.7 Å². The van der Waals surface area contributed by atoms with Crippen LogP contribution in [0.5, 0.6) is 11.5 Å². The van der Waals surface area contributed by atoms with E-state index in [0.717, 1.165) is 27.6 Å². The van der Waals surface area contributed by atoms with Gasteiger partial charge in [-0.05, 0) is 43.9 Å². The van der Waals surface area contributed by atoms with Crippen LogP contribution in [0.25, 0.3) is 10.8 Å². The van der Waals surface area contributed by atoms with Crippen molar-refractivity contribution < 1.29 is 29.9 Å². The minimum Gasteiger partial charge on any atom is -0.491 e. The summed E-state index contributed by atoms with van der Waals surface area (Å²) in [7, 11) is 0. The third kappa shape index (κ3) is 11.7. The molecule has 234 valence electrons. The van der Waals surface area contributed by atoms with E-state index in [-0.39, 0.29) is 24.6 Å². The third-order valence-corrected chi connectivity index (χ3v) is 6.76. The molecule has 0 aromatic heterocycles. The van der Waals surface area contributed by atoms with E-state index in [1.165, 1.54) is 0 Å². The summed E-state index contributed by atoms with van der Waals surface area (Å²) in [5.74, 6) is 1.50. The lowest BCUT2D eigenvalue weighted by Crippen LogP contribution is -2.42. The van der Waals surface area contributed by atoms with Crippen LogP contribution >= 0.6 is 12.4 Å². The molecule has 0 aliphatic heterocycles. The molecular formula is C33H49ClN2O6. The topological polar surface area (TPSA) is 123 Å². The van der Waals surface area contributed by atoms with Crippen molar-refractivity contribution in [1.29, 1.82) is 0 Å². The van der Waals surface area contributed by atoms with Crippen LogP contribution in [-0.2, 0) is 12.8 Å². The molecule has 0 amide bonds. The van der Waals surface area contributed by atoms with Gasteiger partial charge in [0.25, 0.3) is 0 Å². The molecule has 0 bridgehead atoms. The lowest BCUT2D eigenvalue weighted by atomic mass is 9.87. The van der Waals surface area contributed by atoms with Gasteiger partial charge in [0.15, 0.2) is 0 Å². The smallest absolute Gasteiger partial charge is 0.127 e. The standard InChI is InChI=1S/C17H27NO4.C16H21NO2.ClH/c1-17(2,3)18-9-12(19)10-22-16-6-4-5-11-7-14(20)15(21)8-13(11)16;1-12(2)17-10-14(18)11-19-16-9-5-7-13-6-3-4-8-15(13)16;/h4-6,12,14-15,18-21H,7-10H2,1-3H3;3-9,12,14,17-18H,10-11H2,1-2H3;1H/t12?,14-,15+;;/m1../s1. The first kappa shape index (κ1) is 35.8. The first-order valence-corrected chi connectivity index (χ1v) is 14.5. The van der Waals surface area contributed by atoms with Gasteiger partial charge >= 0.3 is 0 Å². The van der Waals surface area contributed by atoms with Crippen molar-refractivity contribution in [3.63, 3.8) is 0 Å². The largest absolute Gasteiger partial charge is 0.491 e. The van der Waals surface area contributed by atoms with Crippen LogP contribution in [0.15, 0.2) is 60.7 Å². The Balaban J connectivity index is 0.000000289. The second kappa shape index (κ2) is 17.0. The molecule has 0 spiro atoms. The van der Waals surface area contributed by atoms with Gasteiger partial charge in [-0.1, -0.05) is 62.4 Å². The van der Waals surface area contributed by atoms with Gasteiger partial charge in [-0.3, -0.25) is 0 Å². The Morgan fingerprint density at radius 3 is 2.05 bits per heavy atom. The van der Waals surface area contributed by atoms with E-state index in [4.69, 9.17) is 9.47 Å². The van der Waals surface area contributed by atoms with Gasteiger partial charge in [0.2, 0.25) is 0 Å². The predicted octanol–water partition coefficient (Wildman–Crippen LogP) is 3.63. The molecule has 6 N–H and O–H groups in total. The fourth-order valence-electron chi connectivity index (χ4n) is 4.48. The highest BCUT2D eigenvalue weighted by molar-refractivity contribution is 5.88. The molecule has 9 heteroatoms. The van der Waals surface area contributed by atoms with Crippen molar-refractivity contribution in [2.45, 2.75) is 83.5 Å². The van der Waals surface area contributed by atoms with Crippen molar-refractivity contribution in [2.75, 3.05) is 26.3 Å². The van der Waals surface area contributed by atoms with E-state index in [2.05, 4.69) is 36.6 Å². The summed E-state index contributed by atoms with van der Waals surface area (Å²) in [5.41, 5.74) is 1.88. The molecule has 0 saturated carbocycles. The maximum Gasteiger partial charge on any atom is 0.127 e. The zero-order chi connectivity index (χ0) is 30.0. The fourth-order valence-corrected chi connectivity index (χ4v) is 4.48. The number of ether oxygens (including phenoxy) is 2. The number of aliphatic hydroxyl groups is 4. The first-order chi connectivity index (χ1) is 19.4. The maximum atomic E-state index is 10.00. The van der Waals surface area contributed by atoms with Crippen LogP contribution in [-0.4, -0.2) is 82.7 Å². The summed E-state index contributed by atoms with van der Waals surface area (Å²) in [5, 5.41) is 48.1. The number of nitrogens with one attached hydrogen (secondary N) is 2. The number of fused-ring (bicyclic) bond motifs is 2. The molecule has 0 fully saturated rings. The third-order valence-electron chi connectivity index (χ3n) is 6.76. The SMILES string of the molecule is CC(C)(C)NCC(O)COc1cccc2c1C[C@H](O)[C@H](O)C2.CC(C)NCC(O)COc1cccc2ccccc12.Cl. The molecule has 3 aromatic carbocycles. The Kier molecular flexibility index (Phi) is 14.5. The van der Waals surface area contributed by atoms with Crippen molar-refractivity contribution >= 4 is 23.2 Å². The van der Waals surface area contributed by atoms with Crippen molar-refractivity contribution in [3.05, 3.63) is 71.8 Å². The average molecular weight is 605 g/mol. The van der Waals surface area contributed by atoms with Crippen LogP contribution in [0.2, 0.25) is 0 Å². The molecule has 8 nitrogen and oxygen atoms in total. The van der Waals surface area contributed by atoms with Crippen LogP contribution < -0.4 is 20.1 Å². The molecule has 2 unspecified atom stereocenters. The summed E-state index contributed by atoms with van der Waals surface area (Å²) in [6.07, 6.45) is -1.77. The number of rotatable bonds is 11. The van der Waals surface area contributed by atoms with Gasteiger partial charge in [0.1, 0.15) is 36.9 Å². The molecule has 0 heterocycles. The van der Waals surface area contributed by atoms with E-state index in [9.17, 15) is 20.4 Å². The lowest BCUT2D eigenvalue weighted by Gasteiger charge is -2.28. The van der Waals surface area contributed by atoms with E-state index >= 15 is 0 Å². The summed E-state index contributed by atoms with van der Waals surface area (Å²) < 4.78 is 11.5. The fraction of sp³-hybridized carbons (Fsp3) is 0.515. The summed E-state index contributed by atoms with van der Waals surface area (Å²) in [6.45, 7) is 11.7. The number of aliphatic hydroxyl groups excluding tert-OH is 4. The molecule has 42 heavy (non-hydrogen) atoms. The van der Waals surface area contributed by atoms with Crippen LogP contribution in [0.3, 0.4) is 0 Å². The summed E-state index contributed by atoms with van der Waals surface area (Å²) >= 11 is 0. The monoisotopic (exact) mass is 604 g/mol. The zero-order valence-corrected chi connectivity index (χ0v) is 26.2. The van der Waals surface area contributed by atoms with Gasteiger partial charge in [-0.15, -0.1) is 12.4 Å². The second-order valence-corrected chi connectivity index (χ2v) is 12.0. The predicted molar refractivity (Wildman–Crippen MR) is 171 cm³/mol. The Bertz CT molecular complexity index is 1210. The zero-order valence-electron chi connectivity index (χ0n) is 25.4. The number of hydrogen-bond acceptors (Lipinski definition) is 8. The van der Waals surface area contributed by atoms with E-state index < -0.39 is 24.4 Å². The minimum atomic E-state index is -0.760. The van der Waals surface area contributed by atoms with Crippen molar-refractivity contribution in [3.8, 4) is 11.5 Å². The molecule has 4 atom stereocenters. The summed E-state index contributed by atoms with van der Waals surface area (Å²) in [6, 6.07) is 20.1. The molecule has 1 aliphatic carbocycles. The number of β-amino-alcohol motifs (C(OH)–C–C–N with tert-alkyl or cyclic N) is 1. The molecule has 0 radical (unpaired) electrons. The highest BCUT2D eigenvalue weighted by Gasteiger charge is 2.27. The van der Waals surface area contributed by atoms with Gasteiger partial charge in [-0.25, -0.2) is 0 Å². The highest BCUT2D eigenvalue weighted by Crippen LogP contribution is 2.30. The van der Waals surface area contributed by atoms with E-state index in [1.54, 1.807) is 0 Å². The Morgan fingerprint density at radius 1 is 0.786 bits per heavy atom. The van der Waals surface area contributed by atoms with Gasteiger partial charge in [0.05, 0.1) is 12.2 Å². The van der Waals surface area contributed by atoms with Gasteiger partial charge in [-0.2, -0.15) is 0 Å². The van der Waals surface area contributed by atoms with Crippen molar-refractivity contribution in [1.82, 2.24) is 10.6 Å². The molecule has 0 saturated heterocycles. The Morgan fingerprint density at radius 2 is 1.36 bits per heavy atom. The highest BCUT2D eigenvalue weighted by atomic mass is 35.5.